The lowest BCUT2D eigenvalue weighted by Crippen LogP contribution is -2.39. The SMILES string of the molecule is CN=C(NCCOCc1ccccc1)N(C)Cc1ccsc1.I. The van der Waals surface area contributed by atoms with E-state index in [9.17, 15) is 0 Å². The number of aliphatic imine (C=N–C) groups is 1. The van der Waals surface area contributed by atoms with E-state index in [-0.39, 0.29) is 24.0 Å². The molecule has 0 saturated heterocycles. The molecule has 0 unspecified atom stereocenters. The van der Waals surface area contributed by atoms with E-state index in [2.05, 4.69) is 44.2 Å². The Kier molecular flexibility index (Phi) is 9.89. The third-order valence-corrected chi connectivity index (χ3v) is 3.95. The van der Waals surface area contributed by atoms with E-state index < -0.39 is 0 Å². The summed E-state index contributed by atoms with van der Waals surface area (Å²) in [5, 5.41) is 7.58. The van der Waals surface area contributed by atoms with Crippen LogP contribution in [0.5, 0.6) is 0 Å². The van der Waals surface area contributed by atoms with Crippen LogP contribution in [-0.4, -0.2) is 38.1 Å². The summed E-state index contributed by atoms with van der Waals surface area (Å²) in [6.07, 6.45) is 0. The van der Waals surface area contributed by atoms with Gasteiger partial charge < -0.3 is 15.0 Å². The quantitative estimate of drug-likeness (QED) is 0.306. The number of hydrogen-bond acceptors (Lipinski definition) is 3. The number of halogens is 1. The van der Waals surface area contributed by atoms with Gasteiger partial charge in [0.25, 0.3) is 0 Å². The molecule has 0 aliphatic heterocycles. The van der Waals surface area contributed by atoms with Crippen LogP contribution in [-0.2, 0) is 17.9 Å². The zero-order valence-electron chi connectivity index (χ0n) is 13.6. The summed E-state index contributed by atoms with van der Waals surface area (Å²) in [4.78, 5) is 6.41. The standard InChI is InChI=1S/C17H23N3OS.HI/c1-18-17(20(2)12-16-8-11-22-14-16)19-9-10-21-13-15-6-4-3-5-7-15;/h3-8,11,14H,9-10,12-13H2,1-2H3,(H,18,19);1H. The third-order valence-electron chi connectivity index (χ3n) is 3.21. The molecule has 1 N–H and O–H groups in total. The minimum Gasteiger partial charge on any atom is -0.375 e. The maximum atomic E-state index is 5.67. The highest BCUT2D eigenvalue weighted by Crippen LogP contribution is 2.08. The number of benzene rings is 1. The predicted octanol–water partition coefficient (Wildman–Crippen LogP) is 3.59. The molecule has 1 aromatic carbocycles. The van der Waals surface area contributed by atoms with Gasteiger partial charge in [-0.15, -0.1) is 24.0 Å². The summed E-state index contributed by atoms with van der Waals surface area (Å²) in [5.74, 6) is 0.884. The van der Waals surface area contributed by atoms with Gasteiger partial charge >= 0.3 is 0 Å². The highest BCUT2D eigenvalue weighted by molar-refractivity contribution is 14.0. The van der Waals surface area contributed by atoms with E-state index in [4.69, 9.17) is 4.74 Å². The first-order valence-electron chi connectivity index (χ1n) is 7.34. The Hall–Kier alpha value is -1.12. The van der Waals surface area contributed by atoms with Crippen LogP contribution < -0.4 is 5.32 Å². The summed E-state index contributed by atoms with van der Waals surface area (Å²) in [5.41, 5.74) is 2.50. The molecule has 6 heteroatoms. The molecule has 0 aliphatic carbocycles. The van der Waals surface area contributed by atoms with Gasteiger partial charge in [0.1, 0.15) is 0 Å². The largest absolute Gasteiger partial charge is 0.375 e. The average Bonchev–Trinajstić information content (AvgIpc) is 3.04. The minimum atomic E-state index is 0. The van der Waals surface area contributed by atoms with Gasteiger partial charge in [-0.25, -0.2) is 0 Å². The van der Waals surface area contributed by atoms with Gasteiger partial charge in [0, 0.05) is 27.2 Å². The van der Waals surface area contributed by atoms with E-state index in [0.29, 0.717) is 13.2 Å². The maximum Gasteiger partial charge on any atom is 0.193 e. The zero-order valence-corrected chi connectivity index (χ0v) is 16.7. The van der Waals surface area contributed by atoms with Crippen LogP contribution in [0.25, 0.3) is 0 Å². The van der Waals surface area contributed by atoms with Crippen LogP contribution >= 0.6 is 35.3 Å². The van der Waals surface area contributed by atoms with Gasteiger partial charge in [-0.2, -0.15) is 11.3 Å². The van der Waals surface area contributed by atoms with Crippen LogP contribution in [0.15, 0.2) is 52.2 Å². The van der Waals surface area contributed by atoms with Crippen LogP contribution in [0.3, 0.4) is 0 Å². The van der Waals surface area contributed by atoms with E-state index in [1.54, 1.807) is 18.4 Å². The monoisotopic (exact) mass is 445 g/mol. The fourth-order valence-corrected chi connectivity index (χ4v) is 2.78. The molecule has 1 heterocycles. The van der Waals surface area contributed by atoms with Crippen molar-refractivity contribution in [3.63, 3.8) is 0 Å². The van der Waals surface area contributed by atoms with Crippen LogP contribution in [0.4, 0.5) is 0 Å². The van der Waals surface area contributed by atoms with Crippen molar-refractivity contribution in [2.24, 2.45) is 4.99 Å². The fraction of sp³-hybridized carbons (Fsp3) is 0.353. The Bertz CT molecular complexity index is 560. The first-order chi connectivity index (χ1) is 10.8. The fourth-order valence-electron chi connectivity index (χ4n) is 2.12. The highest BCUT2D eigenvalue weighted by atomic mass is 127. The van der Waals surface area contributed by atoms with E-state index in [1.807, 2.05) is 25.2 Å². The summed E-state index contributed by atoms with van der Waals surface area (Å²) in [7, 11) is 3.84. The molecule has 0 spiro atoms. The Morgan fingerprint density at radius 1 is 1.22 bits per heavy atom. The summed E-state index contributed by atoms with van der Waals surface area (Å²) >= 11 is 1.72. The molecule has 0 fully saturated rings. The average molecular weight is 445 g/mol. The van der Waals surface area contributed by atoms with Gasteiger partial charge in [0.05, 0.1) is 13.2 Å². The Morgan fingerprint density at radius 2 is 2.00 bits per heavy atom. The lowest BCUT2D eigenvalue weighted by atomic mass is 10.2. The van der Waals surface area contributed by atoms with Gasteiger partial charge in [0.2, 0.25) is 0 Å². The molecule has 0 radical (unpaired) electrons. The van der Waals surface area contributed by atoms with Gasteiger partial charge in [-0.05, 0) is 28.0 Å². The van der Waals surface area contributed by atoms with Crippen molar-refractivity contribution in [1.29, 1.82) is 0 Å². The molecular weight excluding hydrogens is 421 g/mol. The number of nitrogens with zero attached hydrogens (tertiary/aromatic N) is 2. The maximum absolute atomic E-state index is 5.67. The second-order valence-corrected chi connectivity index (χ2v) is 5.78. The van der Waals surface area contributed by atoms with E-state index >= 15 is 0 Å². The van der Waals surface area contributed by atoms with Crippen molar-refractivity contribution in [1.82, 2.24) is 10.2 Å². The highest BCUT2D eigenvalue weighted by Gasteiger charge is 2.06. The number of rotatable bonds is 7. The lowest BCUT2D eigenvalue weighted by Gasteiger charge is -2.21. The summed E-state index contributed by atoms with van der Waals surface area (Å²) in [6.45, 7) is 2.90. The molecule has 0 aliphatic rings. The molecule has 0 atom stereocenters. The van der Waals surface area contributed by atoms with Crippen molar-refractivity contribution in [2.45, 2.75) is 13.2 Å². The molecule has 0 bridgehead atoms. The number of nitrogens with one attached hydrogen (secondary N) is 1. The second kappa shape index (κ2) is 11.4. The molecule has 126 valence electrons. The predicted molar refractivity (Wildman–Crippen MR) is 109 cm³/mol. The molecule has 0 amide bonds. The topological polar surface area (TPSA) is 36.9 Å². The molecular formula is C17H24IN3OS. The number of hydrogen-bond donors (Lipinski definition) is 1. The smallest absolute Gasteiger partial charge is 0.193 e. The lowest BCUT2D eigenvalue weighted by molar-refractivity contribution is 0.125. The van der Waals surface area contributed by atoms with Gasteiger partial charge in [0.15, 0.2) is 5.96 Å². The van der Waals surface area contributed by atoms with E-state index in [0.717, 1.165) is 19.0 Å². The number of guanidine groups is 1. The molecule has 2 rings (SSSR count). The first-order valence-corrected chi connectivity index (χ1v) is 8.28. The summed E-state index contributed by atoms with van der Waals surface area (Å²) < 4.78 is 5.67. The van der Waals surface area contributed by atoms with Crippen molar-refractivity contribution in [3.8, 4) is 0 Å². The molecule has 1 aromatic heterocycles. The van der Waals surface area contributed by atoms with Gasteiger partial charge in [-0.1, -0.05) is 30.3 Å². The number of ether oxygens (including phenoxy) is 1. The normalized spacial score (nSPS) is 11.0. The molecule has 23 heavy (non-hydrogen) atoms. The number of thiophene rings is 1. The molecule has 4 nitrogen and oxygen atoms in total. The zero-order chi connectivity index (χ0) is 15.6. The first kappa shape index (κ1) is 19.9. The van der Waals surface area contributed by atoms with E-state index in [1.165, 1.54) is 11.1 Å². The van der Waals surface area contributed by atoms with Crippen molar-refractivity contribution < 1.29 is 4.74 Å². The Morgan fingerprint density at radius 3 is 2.65 bits per heavy atom. The summed E-state index contributed by atoms with van der Waals surface area (Å²) in [6, 6.07) is 12.3. The van der Waals surface area contributed by atoms with Gasteiger partial charge in [-0.3, -0.25) is 4.99 Å². The van der Waals surface area contributed by atoms with Crippen LogP contribution in [0, 0.1) is 0 Å². The van der Waals surface area contributed by atoms with Crippen molar-refractivity contribution in [2.75, 3.05) is 27.2 Å². The minimum absolute atomic E-state index is 0. The van der Waals surface area contributed by atoms with Crippen LogP contribution in [0.1, 0.15) is 11.1 Å². The Labute approximate surface area is 159 Å². The third kappa shape index (κ3) is 7.32. The van der Waals surface area contributed by atoms with Crippen LogP contribution in [0.2, 0.25) is 0 Å². The Balaban J connectivity index is 0.00000264. The van der Waals surface area contributed by atoms with Crippen molar-refractivity contribution >= 4 is 41.3 Å². The van der Waals surface area contributed by atoms with Crippen molar-refractivity contribution in [3.05, 3.63) is 58.3 Å². The molecule has 2 aromatic rings. The molecule has 0 saturated carbocycles. The second-order valence-electron chi connectivity index (χ2n) is 5.00.